The minimum Gasteiger partial charge on any atom is -0.374 e. The van der Waals surface area contributed by atoms with Crippen molar-refractivity contribution in [1.29, 1.82) is 5.26 Å². The molecule has 1 saturated heterocycles. The maximum Gasteiger partial charge on any atom is 0.101 e. The Kier molecular flexibility index (Phi) is 3.76. The zero-order valence-electron chi connectivity index (χ0n) is 10.8. The number of halogens is 1. The van der Waals surface area contributed by atoms with E-state index >= 15 is 0 Å². The van der Waals surface area contributed by atoms with Crippen molar-refractivity contribution < 1.29 is 4.74 Å². The number of hydrogen-bond donors (Lipinski definition) is 0. The molecule has 2 atom stereocenters. The van der Waals surface area contributed by atoms with Crippen LogP contribution in [0.15, 0.2) is 22.7 Å². The first kappa shape index (κ1) is 13.0. The first-order valence-electron chi connectivity index (χ1n) is 6.87. The lowest BCUT2D eigenvalue weighted by Crippen LogP contribution is -2.53. The van der Waals surface area contributed by atoms with E-state index < -0.39 is 0 Å². The first-order chi connectivity index (χ1) is 9.29. The van der Waals surface area contributed by atoms with Gasteiger partial charge in [0.05, 0.1) is 30.0 Å². The highest BCUT2D eigenvalue weighted by Gasteiger charge is 2.35. The normalized spacial score (nSPS) is 26.6. The zero-order valence-corrected chi connectivity index (χ0v) is 12.4. The van der Waals surface area contributed by atoms with E-state index in [1.54, 1.807) is 0 Å². The van der Waals surface area contributed by atoms with Crippen molar-refractivity contribution in [3.8, 4) is 6.07 Å². The first-order valence-corrected chi connectivity index (χ1v) is 7.67. The zero-order chi connectivity index (χ0) is 13.2. The molecule has 3 rings (SSSR count). The van der Waals surface area contributed by atoms with Crippen LogP contribution in [0.25, 0.3) is 0 Å². The number of anilines is 1. The third kappa shape index (κ3) is 2.50. The van der Waals surface area contributed by atoms with E-state index in [2.05, 4.69) is 33.0 Å². The molecule has 0 amide bonds. The minimum absolute atomic E-state index is 0.341. The summed E-state index contributed by atoms with van der Waals surface area (Å²) in [6.45, 7) is 1.64. The van der Waals surface area contributed by atoms with E-state index in [1.165, 1.54) is 19.3 Å². The fourth-order valence-corrected chi connectivity index (χ4v) is 3.58. The smallest absolute Gasteiger partial charge is 0.101 e. The van der Waals surface area contributed by atoms with E-state index in [4.69, 9.17) is 4.74 Å². The highest BCUT2D eigenvalue weighted by molar-refractivity contribution is 9.10. The quantitative estimate of drug-likeness (QED) is 0.795. The largest absolute Gasteiger partial charge is 0.374 e. The van der Waals surface area contributed by atoms with Crippen LogP contribution in [0, 0.1) is 11.3 Å². The molecule has 0 spiro atoms. The molecular formula is C15H17BrN2O. The van der Waals surface area contributed by atoms with Crippen molar-refractivity contribution in [3.05, 3.63) is 28.2 Å². The van der Waals surface area contributed by atoms with Crippen molar-refractivity contribution >= 4 is 21.6 Å². The molecule has 3 nitrogen and oxygen atoms in total. The number of ether oxygens (including phenoxy) is 1. The molecule has 100 valence electrons. The lowest BCUT2D eigenvalue weighted by molar-refractivity contribution is -0.00869. The third-order valence-corrected chi connectivity index (χ3v) is 4.62. The minimum atomic E-state index is 0.341. The maximum atomic E-state index is 9.31. The second kappa shape index (κ2) is 5.52. The maximum absolute atomic E-state index is 9.31. The molecule has 0 radical (unpaired) electrons. The highest BCUT2D eigenvalue weighted by Crippen LogP contribution is 2.34. The molecule has 2 aliphatic rings. The standard InChI is InChI=1S/C15H17BrN2O/c16-12-6-5-11(10-17)14(9-12)18-7-8-19-15-4-2-1-3-13(15)18/h5-6,9,13,15H,1-4,7-8H2. The highest BCUT2D eigenvalue weighted by atomic mass is 79.9. The number of nitrogens with zero attached hydrogens (tertiary/aromatic N) is 2. The summed E-state index contributed by atoms with van der Waals surface area (Å²) in [6, 6.07) is 8.64. The van der Waals surface area contributed by atoms with E-state index in [1.807, 2.05) is 12.1 Å². The molecule has 2 unspecified atom stereocenters. The molecule has 1 aromatic rings. The Morgan fingerprint density at radius 1 is 1.32 bits per heavy atom. The molecule has 2 fully saturated rings. The summed E-state index contributed by atoms with van der Waals surface area (Å²) in [5.41, 5.74) is 1.81. The van der Waals surface area contributed by atoms with Crippen molar-refractivity contribution in [2.75, 3.05) is 18.1 Å². The molecule has 4 heteroatoms. The summed E-state index contributed by atoms with van der Waals surface area (Å²) >= 11 is 3.51. The van der Waals surface area contributed by atoms with Crippen LogP contribution in [0.5, 0.6) is 0 Å². The Balaban J connectivity index is 1.96. The van der Waals surface area contributed by atoms with Gasteiger partial charge in [0.25, 0.3) is 0 Å². The molecule has 0 N–H and O–H groups in total. The van der Waals surface area contributed by atoms with Crippen LogP contribution in [0.2, 0.25) is 0 Å². The fraction of sp³-hybridized carbons (Fsp3) is 0.533. The van der Waals surface area contributed by atoms with Gasteiger partial charge in [-0.3, -0.25) is 0 Å². The van der Waals surface area contributed by atoms with Gasteiger partial charge < -0.3 is 9.64 Å². The summed E-state index contributed by atoms with van der Waals surface area (Å²) in [4.78, 5) is 2.39. The summed E-state index contributed by atoms with van der Waals surface area (Å²) in [5.74, 6) is 0. The van der Waals surface area contributed by atoms with Crippen LogP contribution >= 0.6 is 15.9 Å². The SMILES string of the molecule is N#Cc1ccc(Br)cc1N1CCOC2CCCCC21. The van der Waals surface area contributed by atoms with Crippen LogP contribution in [0.4, 0.5) is 5.69 Å². The van der Waals surface area contributed by atoms with Crippen molar-refractivity contribution in [3.63, 3.8) is 0 Å². The number of hydrogen-bond acceptors (Lipinski definition) is 3. The Hall–Kier alpha value is -1.05. The second-order valence-corrected chi connectivity index (χ2v) is 6.14. The monoisotopic (exact) mass is 320 g/mol. The molecule has 1 aliphatic carbocycles. The van der Waals surface area contributed by atoms with Crippen molar-refractivity contribution in [2.45, 2.75) is 37.8 Å². The lowest BCUT2D eigenvalue weighted by atomic mass is 9.89. The molecule has 0 bridgehead atoms. The van der Waals surface area contributed by atoms with E-state index in [0.29, 0.717) is 12.1 Å². The van der Waals surface area contributed by atoms with Crippen LogP contribution in [-0.4, -0.2) is 25.3 Å². The Morgan fingerprint density at radius 3 is 3.00 bits per heavy atom. The number of morpholine rings is 1. The Bertz CT molecular complexity index is 509. The van der Waals surface area contributed by atoms with Gasteiger partial charge in [0.1, 0.15) is 6.07 Å². The van der Waals surface area contributed by atoms with Gasteiger partial charge in [-0.2, -0.15) is 5.26 Å². The van der Waals surface area contributed by atoms with Gasteiger partial charge in [-0.15, -0.1) is 0 Å². The average molecular weight is 321 g/mol. The van der Waals surface area contributed by atoms with E-state index in [-0.39, 0.29) is 0 Å². The fourth-order valence-electron chi connectivity index (χ4n) is 3.23. The number of benzene rings is 1. The number of nitriles is 1. The van der Waals surface area contributed by atoms with Gasteiger partial charge in [0.15, 0.2) is 0 Å². The molecular weight excluding hydrogens is 304 g/mol. The van der Waals surface area contributed by atoms with Gasteiger partial charge in [0.2, 0.25) is 0 Å². The predicted molar refractivity (Wildman–Crippen MR) is 78.2 cm³/mol. The summed E-state index contributed by atoms with van der Waals surface area (Å²) < 4.78 is 6.93. The van der Waals surface area contributed by atoms with Gasteiger partial charge in [0, 0.05) is 11.0 Å². The predicted octanol–water partition coefficient (Wildman–Crippen LogP) is 3.47. The van der Waals surface area contributed by atoms with Crippen molar-refractivity contribution in [2.24, 2.45) is 0 Å². The molecule has 1 saturated carbocycles. The van der Waals surface area contributed by atoms with Crippen LogP contribution in [0.3, 0.4) is 0 Å². The summed E-state index contributed by atoms with van der Waals surface area (Å²) in [7, 11) is 0. The Morgan fingerprint density at radius 2 is 2.16 bits per heavy atom. The van der Waals surface area contributed by atoms with Crippen LogP contribution < -0.4 is 4.90 Å². The summed E-state index contributed by atoms with van der Waals surface area (Å²) in [6.07, 6.45) is 5.18. The topological polar surface area (TPSA) is 36.3 Å². The molecule has 19 heavy (non-hydrogen) atoms. The summed E-state index contributed by atoms with van der Waals surface area (Å²) in [5, 5.41) is 9.31. The van der Waals surface area contributed by atoms with Crippen LogP contribution in [0.1, 0.15) is 31.2 Å². The van der Waals surface area contributed by atoms with Crippen molar-refractivity contribution in [1.82, 2.24) is 0 Å². The number of fused-ring (bicyclic) bond motifs is 1. The van der Waals surface area contributed by atoms with E-state index in [0.717, 1.165) is 35.3 Å². The number of rotatable bonds is 1. The molecule has 1 heterocycles. The van der Waals surface area contributed by atoms with Gasteiger partial charge in [-0.25, -0.2) is 0 Å². The molecule has 0 aromatic heterocycles. The Labute approximate surface area is 122 Å². The van der Waals surface area contributed by atoms with Crippen LogP contribution in [-0.2, 0) is 4.74 Å². The molecule has 1 aliphatic heterocycles. The van der Waals surface area contributed by atoms with Gasteiger partial charge in [-0.05, 0) is 31.0 Å². The van der Waals surface area contributed by atoms with E-state index in [9.17, 15) is 5.26 Å². The third-order valence-electron chi connectivity index (χ3n) is 4.12. The molecule has 1 aromatic carbocycles. The second-order valence-electron chi connectivity index (χ2n) is 5.23. The average Bonchev–Trinajstić information content (AvgIpc) is 2.46. The lowest BCUT2D eigenvalue weighted by Gasteiger charge is -2.45. The van der Waals surface area contributed by atoms with Gasteiger partial charge in [-0.1, -0.05) is 28.8 Å². The van der Waals surface area contributed by atoms with Gasteiger partial charge >= 0.3 is 0 Å².